The highest BCUT2D eigenvalue weighted by molar-refractivity contribution is 7.91. The lowest BCUT2D eigenvalue weighted by Gasteiger charge is -2.35. The molecule has 116 valence electrons. The molecular weight excluding hydrogens is 290 g/mol. The van der Waals surface area contributed by atoms with E-state index >= 15 is 0 Å². The van der Waals surface area contributed by atoms with Gasteiger partial charge in [0.2, 0.25) is 0 Å². The first-order valence-electron chi connectivity index (χ1n) is 7.14. The number of carbonyl (C=O) groups is 1. The van der Waals surface area contributed by atoms with E-state index in [1.807, 2.05) is 23.1 Å². The van der Waals surface area contributed by atoms with Crippen LogP contribution >= 0.6 is 0 Å². The van der Waals surface area contributed by atoms with Crippen molar-refractivity contribution >= 4 is 15.8 Å². The molecule has 2 rings (SSSR count). The smallest absolute Gasteiger partial charge is 0.304 e. The minimum absolute atomic E-state index is 0.0619. The van der Waals surface area contributed by atoms with Gasteiger partial charge in [-0.1, -0.05) is 31.2 Å². The van der Waals surface area contributed by atoms with E-state index in [4.69, 9.17) is 5.11 Å². The van der Waals surface area contributed by atoms with E-state index in [1.165, 1.54) is 5.56 Å². The molecule has 6 heteroatoms. The van der Waals surface area contributed by atoms with Gasteiger partial charge in [0.15, 0.2) is 9.84 Å². The van der Waals surface area contributed by atoms with Gasteiger partial charge in [0.25, 0.3) is 0 Å². The summed E-state index contributed by atoms with van der Waals surface area (Å²) < 4.78 is 23.5. The van der Waals surface area contributed by atoms with Crippen LogP contribution in [0.4, 0.5) is 0 Å². The zero-order valence-electron chi connectivity index (χ0n) is 12.2. The summed E-state index contributed by atoms with van der Waals surface area (Å²) in [5.74, 6) is -0.906. The lowest BCUT2D eigenvalue weighted by molar-refractivity contribution is -0.138. The minimum atomic E-state index is -3.12. The molecule has 0 radical (unpaired) electrons. The van der Waals surface area contributed by atoms with Crippen LogP contribution in [0.2, 0.25) is 0 Å². The van der Waals surface area contributed by atoms with Crippen LogP contribution in [0, 0.1) is 0 Å². The van der Waals surface area contributed by atoms with Gasteiger partial charge in [-0.25, -0.2) is 8.42 Å². The molecule has 1 atom stereocenters. The second-order valence-corrected chi connectivity index (χ2v) is 7.69. The fourth-order valence-electron chi connectivity index (χ4n) is 2.79. The molecule has 1 fully saturated rings. The van der Waals surface area contributed by atoms with Crippen LogP contribution in [0.25, 0.3) is 0 Å². The summed E-state index contributed by atoms with van der Waals surface area (Å²) in [5.41, 5.74) is 2.37. The number of hydrogen-bond acceptors (Lipinski definition) is 4. The first-order chi connectivity index (χ1) is 9.91. The molecule has 1 aromatic rings. The van der Waals surface area contributed by atoms with Gasteiger partial charge in [-0.3, -0.25) is 9.69 Å². The van der Waals surface area contributed by atoms with E-state index in [2.05, 4.69) is 13.0 Å². The average Bonchev–Trinajstić information content (AvgIpc) is 2.41. The molecule has 0 amide bonds. The van der Waals surface area contributed by atoms with Gasteiger partial charge >= 0.3 is 5.97 Å². The maximum Gasteiger partial charge on any atom is 0.304 e. The van der Waals surface area contributed by atoms with E-state index in [0.717, 1.165) is 12.0 Å². The first-order valence-corrected chi connectivity index (χ1v) is 8.96. The highest BCUT2D eigenvalue weighted by Gasteiger charge is 2.32. The summed E-state index contributed by atoms with van der Waals surface area (Å²) in [6, 6.07) is 7.59. The molecule has 1 aliphatic heterocycles. The zero-order valence-corrected chi connectivity index (χ0v) is 13.0. The van der Waals surface area contributed by atoms with Crippen LogP contribution < -0.4 is 0 Å². The third kappa shape index (κ3) is 4.28. The Labute approximate surface area is 125 Å². The van der Waals surface area contributed by atoms with Crippen LogP contribution in [-0.2, 0) is 27.6 Å². The molecule has 5 nitrogen and oxygen atoms in total. The molecule has 0 aromatic heterocycles. The number of aryl methyl sites for hydroxylation is 1. The number of rotatable bonds is 5. The third-order valence-corrected chi connectivity index (χ3v) is 5.63. The van der Waals surface area contributed by atoms with Gasteiger partial charge < -0.3 is 5.11 Å². The van der Waals surface area contributed by atoms with Crippen molar-refractivity contribution in [2.24, 2.45) is 0 Å². The van der Waals surface area contributed by atoms with Crippen molar-refractivity contribution in [2.45, 2.75) is 32.4 Å². The van der Waals surface area contributed by atoms with Crippen molar-refractivity contribution in [3.8, 4) is 0 Å². The molecule has 1 unspecified atom stereocenters. The van der Waals surface area contributed by atoms with E-state index in [9.17, 15) is 13.2 Å². The molecule has 0 aliphatic carbocycles. The Morgan fingerprint density at radius 2 is 2.00 bits per heavy atom. The standard InChI is InChI=1S/C15H21NO4S/c1-2-12-5-3-4-6-13(12)10-16-7-8-21(19,20)11-14(16)9-15(17)18/h3-6,14H,2,7-11H2,1H3,(H,17,18). The summed E-state index contributed by atoms with van der Waals surface area (Å²) in [6.45, 7) is 3.09. The van der Waals surface area contributed by atoms with Gasteiger partial charge in [-0.2, -0.15) is 0 Å². The minimum Gasteiger partial charge on any atom is -0.481 e. The molecule has 1 aromatic carbocycles. The van der Waals surface area contributed by atoms with Crippen LogP contribution in [0.1, 0.15) is 24.5 Å². The predicted molar refractivity (Wildman–Crippen MR) is 80.9 cm³/mol. The average molecular weight is 311 g/mol. The third-order valence-electron chi connectivity index (χ3n) is 3.94. The van der Waals surface area contributed by atoms with Crippen LogP contribution in [-0.4, -0.2) is 48.5 Å². The van der Waals surface area contributed by atoms with Crippen molar-refractivity contribution in [3.63, 3.8) is 0 Å². The lowest BCUT2D eigenvalue weighted by atomic mass is 10.0. The molecule has 0 spiro atoms. The number of nitrogens with zero attached hydrogens (tertiary/aromatic N) is 1. The fraction of sp³-hybridized carbons (Fsp3) is 0.533. The van der Waals surface area contributed by atoms with Gasteiger partial charge in [0.1, 0.15) is 0 Å². The summed E-state index contributed by atoms with van der Waals surface area (Å²) in [4.78, 5) is 13.0. The van der Waals surface area contributed by atoms with E-state index in [0.29, 0.717) is 13.1 Å². The number of benzene rings is 1. The molecule has 0 bridgehead atoms. The monoisotopic (exact) mass is 311 g/mol. The Kier molecular flexibility index (Phi) is 5.00. The second kappa shape index (κ2) is 6.58. The highest BCUT2D eigenvalue weighted by Crippen LogP contribution is 2.20. The predicted octanol–water partition coefficient (Wildman–Crippen LogP) is 1.32. The topological polar surface area (TPSA) is 74.7 Å². The number of carboxylic acids is 1. The van der Waals surface area contributed by atoms with Gasteiger partial charge in [-0.15, -0.1) is 0 Å². The zero-order chi connectivity index (χ0) is 15.5. The molecular formula is C15H21NO4S. The highest BCUT2D eigenvalue weighted by atomic mass is 32.2. The van der Waals surface area contributed by atoms with E-state index < -0.39 is 21.8 Å². The summed E-state index contributed by atoms with van der Waals surface area (Å²) >= 11 is 0. The molecule has 1 aliphatic rings. The fourth-order valence-corrected chi connectivity index (χ4v) is 4.39. The molecule has 21 heavy (non-hydrogen) atoms. The lowest BCUT2D eigenvalue weighted by Crippen LogP contribution is -2.48. The van der Waals surface area contributed by atoms with E-state index in [1.54, 1.807) is 0 Å². The Balaban J connectivity index is 2.18. The Hall–Kier alpha value is -1.40. The normalized spacial score (nSPS) is 22.0. The number of aliphatic carboxylic acids is 1. The Bertz CT molecular complexity index is 612. The van der Waals surface area contributed by atoms with Crippen molar-refractivity contribution in [1.29, 1.82) is 0 Å². The first kappa shape index (κ1) is 16.0. The van der Waals surface area contributed by atoms with Crippen LogP contribution in [0.5, 0.6) is 0 Å². The van der Waals surface area contributed by atoms with Crippen molar-refractivity contribution in [2.75, 3.05) is 18.1 Å². The largest absolute Gasteiger partial charge is 0.481 e. The summed E-state index contributed by atoms with van der Waals surface area (Å²) in [6.07, 6.45) is 0.777. The maximum atomic E-state index is 11.7. The summed E-state index contributed by atoms with van der Waals surface area (Å²) in [7, 11) is -3.12. The number of sulfone groups is 1. The summed E-state index contributed by atoms with van der Waals surface area (Å²) in [5, 5.41) is 9.00. The van der Waals surface area contributed by atoms with Crippen molar-refractivity contribution in [1.82, 2.24) is 4.90 Å². The molecule has 1 N–H and O–H groups in total. The van der Waals surface area contributed by atoms with Crippen molar-refractivity contribution in [3.05, 3.63) is 35.4 Å². The molecule has 1 saturated heterocycles. The molecule has 1 heterocycles. The Morgan fingerprint density at radius 1 is 1.33 bits per heavy atom. The van der Waals surface area contributed by atoms with Gasteiger partial charge in [0.05, 0.1) is 17.9 Å². The molecule has 0 saturated carbocycles. The number of hydrogen-bond donors (Lipinski definition) is 1. The Morgan fingerprint density at radius 3 is 2.62 bits per heavy atom. The second-order valence-electron chi connectivity index (χ2n) is 5.46. The van der Waals surface area contributed by atoms with Crippen LogP contribution in [0.15, 0.2) is 24.3 Å². The number of carboxylic acid groups (broad SMARTS) is 1. The van der Waals surface area contributed by atoms with Gasteiger partial charge in [0, 0.05) is 19.1 Å². The SMILES string of the molecule is CCc1ccccc1CN1CCS(=O)(=O)CC1CC(=O)O. The quantitative estimate of drug-likeness (QED) is 0.888. The maximum absolute atomic E-state index is 11.7. The van der Waals surface area contributed by atoms with Gasteiger partial charge in [-0.05, 0) is 17.5 Å². The van der Waals surface area contributed by atoms with E-state index in [-0.39, 0.29) is 17.9 Å². The van der Waals surface area contributed by atoms with Crippen molar-refractivity contribution < 1.29 is 18.3 Å². The van der Waals surface area contributed by atoms with Crippen LogP contribution in [0.3, 0.4) is 0 Å².